The lowest BCUT2D eigenvalue weighted by Crippen LogP contribution is -2.58. The fourth-order valence-corrected chi connectivity index (χ4v) is 4.94. The van der Waals surface area contributed by atoms with Gasteiger partial charge in [-0.3, -0.25) is 4.90 Å². The molecule has 1 saturated carbocycles. The Balaban J connectivity index is 1.94. The number of nitrogens with zero attached hydrogens (tertiary/aromatic N) is 3. The van der Waals surface area contributed by atoms with Gasteiger partial charge in [0.1, 0.15) is 23.8 Å². The van der Waals surface area contributed by atoms with Gasteiger partial charge in [0.15, 0.2) is 11.5 Å². The number of anilines is 1. The van der Waals surface area contributed by atoms with Crippen molar-refractivity contribution in [2.45, 2.75) is 42.7 Å². The van der Waals surface area contributed by atoms with Crippen LogP contribution in [0.3, 0.4) is 0 Å². The lowest BCUT2D eigenvalue weighted by Gasteiger charge is -2.46. The van der Waals surface area contributed by atoms with Crippen LogP contribution >= 0.6 is 0 Å². The van der Waals surface area contributed by atoms with Crippen molar-refractivity contribution in [2.24, 2.45) is 21.5 Å². The Morgan fingerprint density at radius 1 is 1.11 bits per heavy atom. The maximum Gasteiger partial charge on any atom is 0.242 e. The molecule has 0 amide bonds. The summed E-state index contributed by atoms with van der Waals surface area (Å²) in [6.45, 7) is 0.730. The number of rotatable bonds is 3. The molecule has 0 bridgehead atoms. The standard InChI is InChI=1S/C17H24N6O4S/c1-20-28(24,25)14-10-13-12(26-7-8-27-13)9-11(14)23-16(19)21-15(18)22-17(23)5-3-2-4-6-17/h9-10,20H,2-8H2,1H3,(H4,18,19,21,22). The molecule has 5 N–H and O–H groups in total. The van der Waals surface area contributed by atoms with Crippen molar-refractivity contribution in [3.8, 4) is 11.5 Å². The number of fused-ring (bicyclic) bond motifs is 1. The quantitative estimate of drug-likeness (QED) is 0.659. The lowest BCUT2D eigenvalue weighted by molar-refractivity contribution is 0.171. The van der Waals surface area contributed by atoms with Crippen molar-refractivity contribution < 1.29 is 17.9 Å². The number of ether oxygens (including phenoxy) is 2. The van der Waals surface area contributed by atoms with Gasteiger partial charge in [-0.2, -0.15) is 4.99 Å². The largest absolute Gasteiger partial charge is 0.486 e. The molecule has 11 heteroatoms. The van der Waals surface area contributed by atoms with E-state index in [1.165, 1.54) is 13.1 Å². The predicted molar refractivity (Wildman–Crippen MR) is 105 cm³/mol. The first-order chi connectivity index (χ1) is 13.4. The zero-order chi connectivity index (χ0) is 19.9. The highest BCUT2D eigenvalue weighted by Crippen LogP contribution is 2.45. The van der Waals surface area contributed by atoms with Crippen LogP contribution in [0.25, 0.3) is 0 Å². The fraction of sp³-hybridized carbons (Fsp3) is 0.529. The summed E-state index contributed by atoms with van der Waals surface area (Å²) in [7, 11) is -2.46. The number of hydrogen-bond donors (Lipinski definition) is 3. The second kappa shape index (κ2) is 6.82. The minimum atomic E-state index is -3.82. The van der Waals surface area contributed by atoms with Crippen LogP contribution in [0.15, 0.2) is 27.0 Å². The smallest absolute Gasteiger partial charge is 0.242 e. The van der Waals surface area contributed by atoms with E-state index in [2.05, 4.69) is 14.7 Å². The third-order valence-electron chi connectivity index (χ3n) is 5.27. The monoisotopic (exact) mass is 408 g/mol. The second-order valence-electron chi connectivity index (χ2n) is 6.99. The van der Waals surface area contributed by atoms with Crippen LogP contribution in [0, 0.1) is 0 Å². The molecule has 1 aliphatic carbocycles. The summed E-state index contributed by atoms with van der Waals surface area (Å²) in [6, 6.07) is 3.09. The first-order valence-corrected chi connectivity index (χ1v) is 10.7. The molecule has 152 valence electrons. The summed E-state index contributed by atoms with van der Waals surface area (Å²) in [4.78, 5) is 10.4. The maximum atomic E-state index is 12.8. The highest BCUT2D eigenvalue weighted by Gasteiger charge is 2.44. The summed E-state index contributed by atoms with van der Waals surface area (Å²) in [5.41, 5.74) is 11.8. The van der Waals surface area contributed by atoms with Crippen molar-refractivity contribution in [2.75, 3.05) is 25.2 Å². The summed E-state index contributed by atoms with van der Waals surface area (Å²) < 4.78 is 39.3. The minimum Gasteiger partial charge on any atom is -0.486 e. The molecule has 0 radical (unpaired) electrons. The van der Waals surface area contributed by atoms with E-state index < -0.39 is 15.7 Å². The summed E-state index contributed by atoms with van der Waals surface area (Å²) in [6.07, 6.45) is 4.32. The van der Waals surface area contributed by atoms with Gasteiger partial charge in [0, 0.05) is 12.1 Å². The van der Waals surface area contributed by atoms with E-state index in [1.54, 1.807) is 11.0 Å². The Morgan fingerprint density at radius 3 is 2.39 bits per heavy atom. The number of aliphatic imine (C=N–C) groups is 2. The molecule has 4 rings (SSSR count). The zero-order valence-electron chi connectivity index (χ0n) is 15.6. The third-order valence-corrected chi connectivity index (χ3v) is 6.72. The van der Waals surface area contributed by atoms with Crippen molar-refractivity contribution >= 4 is 27.6 Å². The third kappa shape index (κ3) is 3.04. The maximum absolute atomic E-state index is 12.8. The Kier molecular flexibility index (Phi) is 4.58. The summed E-state index contributed by atoms with van der Waals surface area (Å²) in [5.74, 6) is 1.04. The van der Waals surface area contributed by atoms with Gasteiger partial charge in [-0.05, 0) is 32.7 Å². The topological polar surface area (TPSA) is 145 Å². The highest BCUT2D eigenvalue weighted by molar-refractivity contribution is 7.89. The van der Waals surface area contributed by atoms with E-state index in [9.17, 15) is 8.42 Å². The molecule has 0 atom stereocenters. The number of sulfonamides is 1. The predicted octanol–water partition coefficient (Wildman–Crippen LogP) is 0.476. The van der Waals surface area contributed by atoms with Crippen LogP contribution in [-0.4, -0.2) is 46.3 Å². The normalized spacial score (nSPS) is 21.2. The van der Waals surface area contributed by atoms with Gasteiger partial charge in [-0.1, -0.05) is 6.42 Å². The van der Waals surface area contributed by atoms with Gasteiger partial charge in [-0.15, -0.1) is 0 Å². The summed E-state index contributed by atoms with van der Waals surface area (Å²) in [5, 5.41) is 0. The molecule has 3 aliphatic rings. The SMILES string of the molecule is CNS(=O)(=O)c1cc2c(cc1N1C(N)=NC(N)=NC13CCCCC3)OCCO2. The Morgan fingerprint density at radius 2 is 1.75 bits per heavy atom. The number of nitrogens with one attached hydrogen (secondary N) is 1. The van der Waals surface area contributed by atoms with Gasteiger partial charge in [0.2, 0.25) is 21.9 Å². The van der Waals surface area contributed by atoms with Crippen LogP contribution < -0.4 is 30.6 Å². The molecule has 0 aromatic heterocycles. The Labute approximate surface area is 163 Å². The molecule has 0 unspecified atom stereocenters. The van der Waals surface area contributed by atoms with Crippen LogP contribution in [0.1, 0.15) is 32.1 Å². The Bertz CT molecular complexity index is 953. The van der Waals surface area contributed by atoms with E-state index in [-0.39, 0.29) is 16.8 Å². The molecular weight excluding hydrogens is 384 g/mol. The van der Waals surface area contributed by atoms with Gasteiger partial charge in [0.25, 0.3) is 0 Å². The van der Waals surface area contributed by atoms with Gasteiger partial charge >= 0.3 is 0 Å². The average molecular weight is 408 g/mol. The first kappa shape index (κ1) is 18.8. The van der Waals surface area contributed by atoms with E-state index in [1.807, 2.05) is 0 Å². The minimum absolute atomic E-state index is 0.0259. The molecule has 1 spiro atoms. The molecule has 1 fully saturated rings. The van der Waals surface area contributed by atoms with E-state index in [0.29, 0.717) is 43.2 Å². The van der Waals surface area contributed by atoms with E-state index in [4.69, 9.17) is 20.9 Å². The molecule has 1 aromatic rings. The number of guanidine groups is 2. The first-order valence-electron chi connectivity index (χ1n) is 9.23. The fourth-order valence-electron chi connectivity index (χ4n) is 4.03. The number of nitrogens with two attached hydrogens (primary N) is 2. The molecule has 28 heavy (non-hydrogen) atoms. The van der Waals surface area contributed by atoms with Gasteiger partial charge in [-0.25, -0.2) is 18.1 Å². The van der Waals surface area contributed by atoms with Gasteiger partial charge < -0.3 is 20.9 Å². The van der Waals surface area contributed by atoms with E-state index in [0.717, 1.165) is 19.3 Å². The summed E-state index contributed by atoms with van der Waals surface area (Å²) >= 11 is 0. The second-order valence-corrected chi connectivity index (χ2v) is 8.84. The molecule has 0 saturated heterocycles. The van der Waals surface area contributed by atoms with E-state index >= 15 is 0 Å². The van der Waals surface area contributed by atoms with Crippen molar-refractivity contribution in [3.05, 3.63) is 12.1 Å². The zero-order valence-corrected chi connectivity index (χ0v) is 16.5. The molecule has 10 nitrogen and oxygen atoms in total. The van der Waals surface area contributed by atoms with Crippen LogP contribution in [0.2, 0.25) is 0 Å². The average Bonchev–Trinajstić information content (AvgIpc) is 2.67. The van der Waals surface area contributed by atoms with Crippen molar-refractivity contribution in [1.29, 1.82) is 0 Å². The van der Waals surface area contributed by atoms with Crippen LogP contribution in [-0.2, 0) is 10.0 Å². The van der Waals surface area contributed by atoms with Crippen molar-refractivity contribution in [1.82, 2.24) is 4.72 Å². The van der Waals surface area contributed by atoms with Gasteiger partial charge in [0.05, 0.1) is 5.69 Å². The number of benzene rings is 1. The molecule has 2 aliphatic heterocycles. The molecule has 1 aromatic carbocycles. The lowest BCUT2D eigenvalue weighted by atomic mass is 9.87. The van der Waals surface area contributed by atoms with Crippen LogP contribution in [0.5, 0.6) is 11.5 Å². The molecule has 2 heterocycles. The molecular formula is C17H24N6O4S. The van der Waals surface area contributed by atoms with Crippen molar-refractivity contribution in [3.63, 3.8) is 0 Å². The number of hydrogen-bond acceptors (Lipinski definition) is 9. The van der Waals surface area contributed by atoms with Crippen LogP contribution in [0.4, 0.5) is 5.69 Å². The Hall–Kier alpha value is -2.53. The highest BCUT2D eigenvalue weighted by atomic mass is 32.2.